The minimum absolute atomic E-state index is 0.0518. The van der Waals surface area contributed by atoms with Gasteiger partial charge in [0.1, 0.15) is 29.1 Å². The Bertz CT molecular complexity index is 1470. The molecule has 0 bridgehead atoms. The van der Waals surface area contributed by atoms with Gasteiger partial charge in [0, 0.05) is 19.5 Å². The van der Waals surface area contributed by atoms with Crippen molar-refractivity contribution >= 4 is 45.3 Å². The third-order valence-corrected chi connectivity index (χ3v) is 7.00. The van der Waals surface area contributed by atoms with Crippen LogP contribution in [0, 0.1) is 6.92 Å². The third-order valence-electron chi connectivity index (χ3n) is 5.98. The minimum atomic E-state index is -0.153. The number of nitrogens with zero attached hydrogens (tertiary/aromatic N) is 4. The zero-order valence-corrected chi connectivity index (χ0v) is 19.7. The lowest BCUT2D eigenvalue weighted by Gasteiger charge is -2.29. The van der Waals surface area contributed by atoms with Crippen LogP contribution in [-0.2, 0) is 18.9 Å². The number of hydrogen-bond acceptors (Lipinski definition) is 6. The average molecular weight is 465 g/mol. The summed E-state index contributed by atoms with van der Waals surface area (Å²) in [4.78, 5) is 32.8. The highest BCUT2D eigenvalue weighted by atomic mass is 32.2. The molecule has 0 N–H and O–H groups in total. The molecule has 0 fully saturated rings. The van der Waals surface area contributed by atoms with Crippen LogP contribution in [0.25, 0.3) is 21.9 Å². The number of carbonyl (C=O) groups is 1. The van der Waals surface area contributed by atoms with Crippen LogP contribution in [0.4, 0.5) is 5.69 Å². The molecular formula is C24H24N4O4S. The molecule has 0 saturated heterocycles. The first-order valence-electron chi connectivity index (χ1n) is 10.6. The van der Waals surface area contributed by atoms with Gasteiger partial charge in [-0.1, -0.05) is 17.8 Å². The number of benzene rings is 2. The van der Waals surface area contributed by atoms with Gasteiger partial charge in [0.2, 0.25) is 5.91 Å². The van der Waals surface area contributed by atoms with E-state index < -0.39 is 0 Å². The average Bonchev–Trinajstić information content (AvgIpc) is 3.10. The molecule has 5 rings (SSSR count). The van der Waals surface area contributed by atoms with Gasteiger partial charge in [0.05, 0.1) is 30.6 Å². The van der Waals surface area contributed by atoms with Crippen molar-refractivity contribution in [3.63, 3.8) is 0 Å². The van der Waals surface area contributed by atoms with Gasteiger partial charge >= 0.3 is 0 Å². The van der Waals surface area contributed by atoms with Crippen molar-refractivity contribution in [2.45, 2.75) is 12.1 Å². The second kappa shape index (κ2) is 8.15. The van der Waals surface area contributed by atoms with Gasteiger partial charge in [0.25, 0.3) is 5.56 Å². The van der Waals surface area contributed by atoms with E-state index in [-0.39, 0.29) is 17.2 Å². The van der Waals surface area contributed by atoms with E-state index in [1.165, 1.54) is 16.3 Å². The van der Waals surface area contributed by atoms with E-state index in [1.54, 1.807) is 19.1 Å². The minimum Gasteiger partial charge on any atom is -0.497 e. The number of fused-ring (bicyclic) bond motifs is 4. The van der Waals surface area contributed by atoms with Gasteiger partial charge in [-0.3, -0.25) is 14.2 Å². The van der Waals surface area contributed by atoms with E-state index in [4.69, 9.17) is 14.5 Å². The third kappa shape index (κ3) is 3.52. The summed E-state index contributed by atoms with van der Waals surface area (Å²) in [6, 6.07) is 11.5. The van der Waals surface area contributed by atoms with Crippen LogP contribution in [0.1, 0.15) is 5.56 Å². The van der Waals surface area contributed by atoms with E-state index >= 15 is 0 Å². The van der Waals surface area contributed by atoms with Crippen LogP contribution in [0.2, 0.25) is 0 Å². The number of ether oxygens (including phenoxy) is 2. The number of hydrogen-bond donors (Lipinski definition) is 0. The van der Waals surface area contributed by atoms with Gasteiger partial charge in [-0.05, 0) is 42.8 Å². The molecule has 1 amide bonds. The molecule has 0 spiro atoms. The lowest BCUT2D eigenvalue weighted by molar-refractivity contribution is -0.116. The van der Waals surface area contributed by atoms with Gasteiger partial charge < -0.3 is 18.9 Å². The standard InChI is InChI=1S/C24H24N4O4S/c1-14-5-8-19-18(11-14)28(9-10-32-19)20(29)13-33-24-25-21-16-12-15(31-4)6-7-17(16)26(2)22(21)23(30)27(24)3/h5-8,11-12H,9-10,13H2,1-4H3. The molecule has 0 radical (unpaired) electrons. The Morgan fingerprint density at radius 3 is 2.79 bits per heavy atom. The number of thioether (sulfide) groups is 1. The quantitative estimate of drug-likeness (QED) is 0.341. The van der Waals surface area contributed by atoms with Crippen molar-refractivity contribution in [2.24, 2.45) is 14.1 Å². The molecule has 1 aliphatic rings. The molecule has 8 nitrogen and oxygen atoms in total. The van der Waals surface area contributed by atoms with Gasteiger partial charge in [0.15, 0.2) is 5.16 Å². The van der Waals surface area contributed by atoms with Crippen LogP contribution in [0.5, 0.6) is 11.5 Å². The van der Waals surface area contributed by atoms with E-state index in [0.717, 1.165) is 22.2 Å². The zero-order chi connectivity index (χ0) is 23.3. The summed E-state index contributed by atoms with van der Waals surface area (Å²) in [5.74, 6) is 1.52. The fraction of sp³-hybridized carbons (Fsp3) is 0.292. The Balaban J connectivity index is 1.49. The summed E-state index contributed by atoms with van der Waals surface area (Å²) in [7, 11) is 5.15. The Morgan fingerprint density at radius 2 is 2.00 bits per heavy atom. The van der Waals surface area contributed by atoms with Crippen LogP contribution in [-0.4, -0.2) is 46.0 Å². The normalized spacial score (nSPS) is 13.3. The Labute approximate surface area is 194 Å². The molecule has 0 saturated carbocycles. The SMILES string of the molecule is COc1ccc2c(c1)c1nc(SCC(=O)N3CCOc4ccc(C)cc43)n(C)c(=O)c1n2C. The lowest BCUT2D eigenvalue weighted by Crippen LogP contribution is -2.39. The van der Waals surface area contributed by atoms with E-state index in [2.05, 4.69) is 0 Å². The van der Waals surface area contributed by atoms with Gasteiger partial charge in [-0.2, -0.15) is 0 Å². The summed E-state index contributed by atoms with van der Waals surface area (Å²) >= 11 is 1.26. The molecule has 33 heavy (non-hydrogen) atoms. The summed E-state index contributed by atoms with van der Waals surface area (Å²) in [6.45, 7) is 2.93. The number of methoxy groups -OCH3 is 1. The molecule has 9 heteroatoms. The van der Waals surface area contributed by atoms with E-state index in [0.29, 0.717) is 40.8 Å². The van der Waals surface area contributed by atoms with Gasteiger partial charge in [-0.15, -0.1) is 0 Å². The summed E-state index contributed by atoms with van der Waals surface area (Å²) < 4.78 is 14.4. The summed E-state index contributed by atoms with van der Waals surface area (Å²) in [5, 5.41) is 1.34. The number of carbonyl (C=O) groups excluding carboxylic acids is 1. The number of anilines is 1. The van der Waals surface area contributed by atoms with Crippen LogP contribution in [0.15, 0.2) is 46.3 Å². The van der Waals surface area contributed by atoms with Crippen LogP contribution < -0.4 is 19.9 Å². The van der Waals surface area contributed by atoms with Crippen LogP contribution >= 0.6 is 11.8 Å². The van der Waals surface area contributed by atoms with E-state index in [1.807, 2.05) is 54.9 Å². The molecule has 0 aliphatic carbocycles. The molecular weight excluding hydrogens is 440 g/mol. The molecule has 0 atom stereocenters. The van der Waals surface area contributed by atoms with E-state index in [9.17, 15) is 9.59 Å². The Kier molecular flexibility index (Phi) is 5.28. The van der Waals surface area contributed by atoms with Crippen LogP contribution in [0.3, 0.4) is 0 Å². The monoisotopic (exact) mass is 464 g/mol. The second-order valence-corrected chi connectivity index (χ2v) is 8.99. The Morgan fingerprint density at radius 1 is 1.18 bits per heavy atom. The predicted molar refractivity (Wildman–Crippen MR) is 130 cm³/mol. The van der Waals surface area contributed by atoms with Gasteiger partial charge in [-0.25, -0.2) is 4.98 Å². The number of aryl methyl sites for hydroxylation is 2. The summed E-state index contributed by atoms with van der Waals surface area (Å²) in [5.41, 5.74) is 3.72. The first-order chi connectivity index (χ1) is 15.9. The highest BCUT2D eigenvalue weighted by Gasteiger charge is 2.25. The van der Waals surface area contributed by atoms with Crippen molar-refractivity contribution in [3.8, 4) is 11.5 Å². The number of rotatable bonds is 4. The topological polar surface area (TPSA) is 78.6 Å². The maximum absolute atomic E-state index is 13.2. The highest BCUT2D eigenvalue weighted by molar-refractivity contribution is 7.99. The molecule has 1 aliphatic heterocycles. The smallest absolute Gasteiger partial charge is 0.278 e. The molecule has 2 aromatic carbocycles. The van der Waals surface area contributed by atoms with Crippen molar-refractivity contribution in [2.75, 3.05) is 30.9 Å². The van der Waals surface area contributed by atoms with Crippen molar-refractivity contribution in [1.29, 1.82) is 0 Å². The zero-order valence-electron chi connectivity index (χ0n) is 18.9. The first-order valence-corrected chi connectivity index (χ1v) is 11.6. The molecule has 4 aromatic rings. The molecule has 0 unspecified atom stereocenters. The maximum Gasteiger partial charge on any atom is 0.278 e. The Hall–Kier alpha value is -3.46. The predicted octanol–water partition coefficient (Wildman–Crippen LogP) is 3.26. The number of aromatic nitrogens is 3. The molecule has 3 heterocycles. The lowest BCUT2D eigenvalue weighted by atomic mass is 10.1. The first kappa shape index (κ1) is 21.4. The van der Waals surface area contributed by atoms with Crippen molar-refractivity contribution in [1.82, 2.24) is 14.1 Å². The number of amides is 1. The fourth-order valence-electron chi connectivity index (χ4n) is 4.23. The summed E-state index contributed by atoms with van der Waals surface area (Å²) in [6.07, 6.45) is 0. The highest BCUT2D eigenvalue weighted by Crippen LogP contribution is 2.33. The molecule has 2 aromatic heterocycles. The second-order valence-electron chi connectivity index (χ2n) is 8.05. The van der Waals surface area contributed by atoms with Crippen molar-refractivity contribution in [3.05, 3.63) is 52.3 Å². The maximum atomic E-state index is 13.2. The molecule has 170 valence electrons. The van der Waals surface area contributed by atoms with Crippen molar-refractivity contribution < 1.29 is 14.3 Å². The fourth-order valence-corrected chi connectivity index (χ4v) is 5.07. The largest absolute Gasteiger partial charge is 0.497 e.